The second-order valence-corrected chi connectivity index (χ2v) is 4.78. The lowest BCUT2D eigenvalue weighted by Crippen LogP contribution is -1.75. The molecule has 8 heteroatoms. The highest BCUT2D eigenvalue weighted by Crippen LogP contribution is 2.11. The van der Waals surface area contributed by atoms with Crippen LogP contribution >= 0.6 is 22.7 Å². The minimum Gasteiger partial charge on any atom is -0.243 e. The summed E-state index contributed by atoms with van der Waals surface area (Å²) in [7, 11) is 0. The fraction of sp³-hybridized carbons (Fsp3) is 0. The van der Waals surface area contributed by atoms with Crippen LogP contribution in [0.5, 0.6) is 0 Å². The van der Waals surface area contributed by atoms with Crippen LogP contribution in [-0.4, -0.2) is 30.1 Å². The standard InChI is InChI=1S/2C5H3N3S/c1-2-7-5-4(6-1)8-3-9-5;1-2-7-8-5-4(1)6-3-9-5/h2*1-3H. The molecule has 4 heterocycles. The molecule has 0 saturated carbocycles. The van der Waals surface area contributed by atoms with Gasteiger partial charge in [-0.25, -0.2) is 19.9 Å². The average Bonchev–Trinajstić information content (AvgIpc) is 3.08. The van der Waals surface area contributed by atoms with Crippen LogP contribution in [0.15, 0.2) is 35.7 Å². The molecule has 88 valence electrons. The Kier molecular flexibility index (Phi) is 3.11. The van der Waals surface area contributed by atoms with Gasteiger partial charge < -0.3 is 0 Å². The molecule has 0 radical (unpaired) electrons. The molecule has 0 bridgehead atoms. The first kappa shape index (κ1) is 11.1. The molecule has 0 fully saturated rings. The lowest BCUT2D eigenvalue weighted by molar-refractivity contribution is 1.08. The maximum Gasteiger partial charge on any atom is 0.189 e. The molecule has 0 unspecified atom stereocenters. The first-order chi connectivity index (χ1) is 8.93. The summed E-state index contributed by atoms with van der Waals surface area (Å²) >= 11 is 3.01. The Labute approximate surface area is 109 Å². The number of fused-ring (bicyclic) bond motifs is 2. The van der Waals surface area contributed by atoms with Crippen LogP contribution in [0.25, 0.3) is 20.8 Å². The molecule has 6 nitrogen and oxygen atoms in total. The van der Waals surface area contributed by atoms with Gasteiger partial charge in [0, 0.05) is 12.4 Å². The zero-order chi connectivity index (χ0) is 12.2. The molecule has 4 aromatic heterocycles. The molecule has 4 aromatic rings. The van der Waals surface area contributed by atoms with Gasteiger partial charge in [-0.3, -0.25) is 0 Å². The molecule has 0 N–H and O–H groups in total. The third-order valence-corrected chi connectivity index (χ3v) is 3.46. The Bertz CT molecular complexity index is 638. The number of nitrogens with zero attached hydrogens (tertiary/aromatic N) is 6. The lowest BCUT2D eigenvalue weighted by Gasteiger charge is -1.79. The van der Waals surface area contributed by atoms with Gasteiger partial charge in [0.1, 0.15) is 5.52 Å². The van der Waals surface area contributed by atoms with E-state index in [-0.39, 0.29) is 0 Å². The Morgan fingerprint density at radius 1 is 0.778 bits per heavy atom. The van der Waals surface area contributed by atoms with Gasteiger partial charge in [0.2, 0.25) is 0 Å². The van der Waals surface area contributed by atoms with E-state index in [0.717, 1.165) is 20.8 Å². The number of hydrogen-bond donors (Lipinski definition) is 0. The monoisotopic (exact) mass is 274 g/mol. The summed E-state index contributed by atoms with van der Waals surface area (Å²) in [6, 6.07) is 1.85. The third-order valence-electron chi connectivity index (χ3n) is 2.01. The van der Waals surface area contributed by atoms with Gasteiger partial charge in [-0.1, -0.05) is 0 Å². The van der Waals surface area contributed by atoms with Crippen LogP contribution < -0.4 is 0 Å². The van der Waals surface area contributed by atoms with Crippen LogP contribution in [0.3, 0.4) is 0 Å². The second kappa shape index (κ2) is 5.07. The Morgan fingerprint density at radius 3 is 2.50 bits per heavy atom. The molecular weight excluding hydrogens is 268 g/mol. The lowest BCUT2D eigenvalue weighted by atomic mass is 10.5. The summed E-state index contributed by atoms with van der Waals surface area (Å²) in [5, 5.41) is 7.55. The fourth-order valence-corrected chi connectivity index (χ4v) is 2.43. The van der Waals surface area contributed by atoms with Crippen molar-refractivity contribution in [1.29, 1.82) is 0 Å². The highest BCUT2D eigenvalue weighted by atomic mass is 32.1. The van der Waals surface area contributed by atoms with Crippen LogP contribution in [0.1, 0.15) is 0 Å². The van der Waals surface area contributed by atoms with E-state index in [0.29, 0.717) is 0 Å². The van der Waals surface area contributed by atoms with Gasteiger partial charge >= 0.3 is 0 Å². The molecule has 0 spiro atoms. The summed E-state index contributed by atoms with van der Waals surface area (Å²) in [5.74, 6) is 0. The number of rotatable bonds is 0. The molecule has 0 saturated heterocycles. The van der Waals surface area contributed by atoms with E-state index in [9.17, 15) is 0 Å². The van der Waals surface area contributed by atoms with Gasteiger partial charge in [0.05, 0.1) is 17.2 Å². The third kappa shape index (κ3) is 2.29. The molecule has 18 heavy (non-hydrogen) atoms. The Balaban J connectivity index is 0.000000111. The fourth-order valence-electron chi connectivity index (χ4n) is 1.24. The smallest absolute Gasteiger partial charge is 0.189 e. The maximum atomic E-state index is 4.03. The van der Waals surface area contributed by atoms with Crippen molar-refractivity contribution < 1.29 is 0 Å². The van der Waals surface area contributed by atoms with E-state index in [1.165, 1.54) is 22.7 Å². The Morgan fingerprint density at radius 2 is 1.61 bits per heavy atom. The predicted octanol–water partition coefficient (Wildman–Crippen LogP) is 2.17. The summed E-state index contributed by atoms with van der Waals surface area (Å²) in [5.41, 5.74) is 5.17. The van der Waals surface area contributed by atoms with Crippen molar-refractivity contribution in [3.05, 3.63) is 35.7 Å². The molecule has 0 aliphatic rings. The quantitative estimate of drug-likeness (QED) is 0.489. The van der Waals surface area contributed by atoms with E-state index in [1.807, 2.05) is 6.07 Å². The zero-order valence-electron chi connectivity index (χ0n) is 8.96. The minimum absolute atomic E-state index is 0.738. The molecule has 0 aliphatic heterocycles. The highest BCUT2D eigenvalue weighted by Gasteiger charge is 1.93. The van der Waals surface area contributed by atoms with Gasteiger partial charge in [-0.15, -0.1) is 27.8 Å². The van der Waals surface area contributed by atoms with E-state index in [2.05, 4.69) is 30.1 Å². The van der Waals surface area contributed by atoms with Crippen LogP contribution in [0, 0.1) is 0 Å². The summed E-state index contributed by atoms with van der Waals surface area (Å²) in [6.45, 7) is 0. The van der Waals surface area contributed by atoms with Crippen LogP contribution in [-0.2, 0) is 0 Å². The van der Waals surface area contributed by atoms with Crippen molar-refractivity contribution >= 4 is 43.5 Å². The van der Waals surface area contributed by atoms with Crippen molar-refractivity contribution in [3.8, 4) is 0 Å². The van der Waals surface area contributed by atoms with E-state index in [4.69, 9.17) is 0 Å². The SMILES string of the molecule is c1cc2ncsc2nn1.c1cnc2scnc2n1. The number of hydrogen-bond acceptors (Lipinski definition) is 8. The largest absolute Gasteiger partial charge is 0.243 e. The van der Waals surface area contributed by atoms with Crippen molar-refractivity contribution in [2.45, 2.75) is 0 Å². The number of aromatic nitrogens is 6. The number of thiazole rings is 2. The molecule has 0 aliphatic carbocycles. The average molecular weight is 274 g/mol. The molecule has 0 atom stereocenters. The first-order valence-electron chi connectivity index (χ1n) is 4.94. The van der Waals surface area contributed by atoms with Crippen molar-refractivity contribution in [2.24, 2.45) is 0 Å². The summed E-state index contributed by atoms with van der Waals surface area (Å²) in [6.07, 6.45) is 4.95. The van der Waals surface area contributed by atoms with Gasteiger partial charge in [0.25, 0.3) is 0 Å². The second-order valence-electron chi connectivity index (χ2n) is 3.11. The van der Waals surface area contributed by atoms with Crippen LogP contribution in [0.4, 0.5) is 0 Å². The van der Waals surface area contributed by atoms with Gasteiger partial charge in [0.15, 0.2) is 15.3 Å². The maximum absolute atomic E-state index is 4.03. The van der Waals surface area contributed by atoms with E-state index >= 15 is 0 Å². The van der Waals surface area contributed by atoms with Crippen molar-refractivity contribution in [1.82, 2.24) is 30.1 Å². The topological polar surface area (TPSA) is 77.3 Å². The molecule has 4 rings (SSSR count). The minimum atomic E-state index is 0.738. The molecular formula is C10H6N6S2. The summed E-state index contributed by atoms with van der Waals surface area (Å²) in [4.78, 5) is 17.8. The van der Waals surface area contributed by atoms with E-state index < -0.39 is 0 Å². The predicted molar refractivity (Wildman–Crippen MR) is 70.4 cm³/mol. The molecule has 0 aromatic carbocycles. The Hall–Kier alpha value is -2.06. The summed E-state index contributed by atoms with van der Waals surface area (Å²) < 4.78 is 0. The zero-order valence-corrected chi connectivity index (χ0v) is 10.6. The van der Waals surface area contributed by atoms with Crippen molar-refractivity contribution in [2.75, 3.05) is 0 Å². The highest BCUT2D eigenvalue weighted by molar-refractivity contribution is 7.16. The first-order valence-corrected chi connectivity index (χ1v) is 6.70. The van der Waals surface area contributed by atoms with Gasteiger partial charge in [-0.2, -0.15) is 5.10 Å². The van der Waals surface area contributed by atoms with Crippen molar-refractivity contribution in [3.63, 3.8) is 0 Å². The van der Waals surface area contributed by atoms with Gasteiger partial charge in [-0.05, 0) is 6.07 Å². The van der Waals surface area contributed by atoms with E-state index in [1.54, 1.807) is 29.6 Å². The van der Waals surface area contributed by atoms with Crippen LogP contribution in [0.2, 0.25) is 0 Å². The normalized spacial score (nSPS) is 10.2. The molecule has 0 amide bonds.